The lowest BCUT2D eigenvalue weighted by Gasteiger charge is -2.15. The van der Waals surface area contributed by atoms with Crippen molar-refractivity contribution in [3.63, 3.8) is 0 Å². The van der Waals surface area contributed by atoms with Gasteiger partial charge in [0.2, 0.25) is 5.91 Å². The van der Waals surface area contributed by atoms with Crippen LogP contribution >= 0.6 is 0 Å². The smallest absolute Gasteiger partial charge is 0.414 e. The number of cyclic esters (lactones) is 1. The third kappa shape index (κ3) is 2.96. The van der Waals surface area contributed by atoms with Gasteiger partial charge in [-0.15, -0.1) is 0 Å². The van der Waals surface area contributed by atoms with E-state index >= 15 is 0 Å². The molecule has 1 aliphatic heterocycles. The Morgan fingerprint density at radius 3 is 2.88 bits per heavy atom. The Hall–Kier alpha value is -2.41. The number of nitrogens with zero attached hydrogens (tertiary/aromatic N) is 1. The van der Waals surface area contributed by atoms with Gasteiger partial charge in [0.25, 0.3) is 0 Å². The highest BCUT2D eigenvalue weighted by Gasteiger charge is 2.51. The van der Waals surface area contributed by atoms with Crippen molar-refractivity contribution in [3.05, 3.63) is 35.7 Å². The van der Waals surface area contributed by atoms with Gasteiger partial charge in [-0.05, 0) is 47.9 Å². The summed E-state index contributed by atoms with van der Waals surface area (Å²) in [5, 5.41) is 11.8. The topological polar surface area (TPSA) is 78.9 Å². The molecule has 3 aliphatic rings. The molecule has 0 aromatic heterocycles. The summed E-state index contributed by atoms with van der Waals surface area (Å²) in [4.78, 5) is 24.4. The van der Waals surface area contributed by atoms with Crippen molar-refractivity contribution in [1.82, 2.24) is 5.32 Å². The molecule has 1 heterocycles. The number of aliphatic hydroxyl groups is 1. The van der Waals surface area contributed by atoms with Gasteiger partial charge in [-0.1, -0.05) is 6.08 Å². The molecule has 2 N–H and O–H groups in total. The van der Waals surface area contributed by atoms with Crippen molar-refractivity contribution in [2.24, 2.45) is 17.8 Å². The third-order valence-corrected chi connectivity index (χ3v) is 5.52. The summed E-state index contributed by atoms with van der Waals surface area (Å²) in [6.45, 7) is 2.09. The highest BCUT2D eigenvalue weighted by Crippen LogP contribution is 2.57. The number of carbonyl (C=O) groups is 2. The van der Waals surface area contributed by atoms with Crippen LogP contribution in [0.3, 0.4) is 0 Å². The standard InChI is InChI=1S/C19H21FN2O4/c1-10(24)21-7-13-8-22(19(25)26-13)12-2-3-14(18(20)6-12)11-4-15-16(5-11)17(15)9-23/h2-4,6,13,15-17,23H,5,7-9H2,1H3,(H,21,24)/t13-,15-,16-,17-/m0/s1. The molecule has 0 unspecified atom stereocenters. The maximum absolute atomic E-state index is 14.6. The van der Waals surface area contributed by atoms with Gasteiger partial charge < -0.3 is 15.2 Å². The number of amides is 2. The lowest BCUT2D eigenvalue weighted by Crippen LogP contribution is -2.33. The Kier molecular flexibility index (Phi) is 4.19. The number of anilines is 1. The fourth-order valence-electron chi connectivity index (χ4n) is 4.05. The summed E-state index contributed by atoms with van der Waals surface area (Å²) in [6.07, 6.45) is 1.86. The molecule has 4 rings (SSSR count). The molecule has 2 amide bonds. The Bertz CT molecular complexity index is 794. The number of benzene rings is 1. The van der Waals surface area contributed by atoms with Crippen molar-refractivity contribution in [1.29, 1.82) is 0 Å². The van der Waals surface area contributed by atoms with Gasteiger partial charge in [0, 0.05) is 19.1 Å². The fraction of sp³-hybridized carbons (Fsp3) is 0.474. The molecule has 1 aromatic carbocycles. The van der Waals surface area contributed by atoms with Crippen LogP contribution < -0.4 is 10.2 Å². The molecule has 6 nitrogen and oxygen atoms in total. The van der Waals surface area contributed by atoms with Gasteiger partial charge in [0.1, 0.15) is 11.9 Å². The molecule has 138 valence electrons. The molecule has 1 aromatic rings. The number of hydrogen-bond donors (Lipinski definition) is 2. The molecule has 0 spiro atoms. The second kappa shape index (κ2) is 6.39. The first-order chi connectivity index (χ1) is 12.5. The van der Waals surface area contributed by atoms with Crippen LogP contribution in [-0.2, 0) is 9.53 Å². The first-order valence-electron chi connectivity index (χ1n) is 8.82. The van der Waals surface area contributed by atoms with Crippen molar-refractivity contribution in [2.45, 2.75) is 19.4 Å². The van der Waals surface area contributed by atoms with Crippen LogP contribution in [0.5, 0.6) is 0 Å². The van der Waals surface area contributed by atoms with E-state index in [0.717, 1.165) is 12.0 Å². The van der Waals surface area contributed by atoms with Crippen molar-refractivity contribution >= 4 is 23.3 Å². The number of ether oxygens (including phenoxy) is 1. The summed E-state index contributed by atoms with van der Waals surface area (Å²) in [6, 6.07) is 4.77. The van der Waals surface area contributed by atoms with Crippen LogP contribution in [0.15, 0.2) is 24.3 Å². The van der Waals surface area contributed by atoms with Crippen LogP contribution in [0.1, 0.15) is 18.9 Å². The predicted molar refractivity (Wildman–Crippen MR) is 92.8 cm³/mol. The highest BCUT2D eigenvalue weighted by atomic mass is 19.1. The van der Waals surface area contributed by atoms with Crippen molar-refractivity contribution < 1.29 is 23.8 Å². The first kappa shape index (κ1) is 17.0. The Morgan fingerprint density at radius 2 is 2.27 bits per heavy atom. The Morgan fingerprint density at radius 1 is 1.46 bits per heavy atom. The van der Waals surface area contributed by atoms with Gasteiger partial charge in [-0.25, -0.2) is 9.18 Å². The van der Waals surface area contributed by atoms with E-state index in [0.29, 0.717) is 29.0 Å². The van der Waals surface area contributed by atoms with E-state index in [1.807, 2.05) is 0 Å². The number of carbonyl (C=O) groups excluding carboxylic acids is 2. The molecular weight excluding hydrogens is 339 g/mol. The van der Waals surface area contributed by atoms with Gasteiger partial charge in [0.05, 0.1) is 18.8 Å². The SMILES string of the molecule is CC(=O)NC[C@H]1CN(c2ccc(C3=C[C@@H]4[C@H](CO)[C@H]4C3)c(F)c2)C(=O)O1. The zero-order valence-electron chi connectivity index (χ0n) is 14.4. The molecule has 2 aliphatic carbocycles. The average Bonchev–Trinajstić information content (AvgIpc) is 2.93. The third-order valence-electron chi connectivity index (χ3n) is 5.52. The molecule has 2 fully saturated rings. The zero-order chi connectivity index (χ0) is 18.4. The minimum Gasteiger partial charge on any atom is -0.442 e. The second-order valence-corrected chi connectivity index (χ2v) is 7.20. The molecule has 1 saturated heterocycles. The minimum absolute atomic E-state index is 0.192. The molecule has 4 atom stereocenters. The summed E-state index contributed by atoms with van der Waals surface area (Å²) < 4.78 is 19.8. The Labute approximate surface area is 150 Å². The first-order valence-corrected chi connectivity index (χ1v) is 8.82. The van der Waals surface area contributed by atoms with Crippen LogP contribution in [-0.4, -0.2) is 42.9 Å². The van der Waals surface area contributed by atoms with E-state index in [-0.39, 0.29) is 31.4 Å². The maximum Gasteiger partial charge on any atom is 0.414 e. The van der Waals surface area contributed by atoms with Crippen molar-refractivity contribution in [2.75, 3.05) is 24.6 Å². The van der Waals surface area contributed by atoms with Crippen molar-refractivity contribution in [3.8, 4) is 0 Å². The number of aliphatic hydroxyl groups excluding tert-OH is 1. The lowest BCUT2D eigenvalue weighted by molar-refractivity contribution is -0.119. The highest BCUT2D eigenvalue weighted by molar-refractivity contribution is 5.90. The van der Waals surface area contributed by atoms with E-state index in [2.05, 4.69) is 11.4 Å². The Balaban J connectivity index is 1.46. The molecular formula is C19H21FN2O4. The predicted octanol–water partition coefficient (Wildman–Crippen LogP) is 1.93. The summed E-state index contributed by atoms with van der Waals surface area (Å²) in [7, 11) is 0. The lowest BCUT2D eigenvalue weighted by atomic mass is 10.00. The van der Waals surface area contributed by atoms with E-state index < -0.39 is 12.2 Å². The number of hydrogen-bond acceptors (Lipinski definition) is 4. The number of allylic oxidation sites excluding steroid dienone is 2. The van der Waals surface area contributed by atoms with E-state index in [1.54, 1.807) is 12.1 Å². The molecule has 0 bridgehead atoms. The normalized spacial score (nSPS) is 29.3. The summed E-state index contributed by atoms with van der Waals surface area (Å²) in [5.41, 5.74) is 1.97. The van der Waals surface area contributed by atoms with Gasteiger partial charge >= 0.3 is 6.09 Å². The minimum atomic E-state index is -0.542. The summed E-state index contributed by atoms with van der Waals surface area (Å²) in [5.74, 6) is 0.588. The van der Waals surface area contributed by atoms with Gasteiger partial charge in [-0.2, -0.15) is 0 Å². The second-order valence-electron chi connectivity index (χ2n) is 7.20. The van der Waals surface area contributed by atoms with Crippen LogP contribution in [0.4, 0.5) is 14.9 Å². The number of rotatable bonds is 5. The quantitative estimate of drug-likeness (QED) is 0.841. The van der Waals surface area contributed by atoms with Crippen LogP contribution in [0.2, 0.25) is 0 Å². The summed E-state index contributed by atoms with van der Waals surface area (Å²) >= 11 is 0. The maximum atomic E-state index is 14.6. The number of nitrogens with one attached hydrogen (secondary N) is 1. The van der Waals surface area contributed by atoms with Gasteiger partial charge in [0.15, 0.2) is 0 Å². The molecule has 26 heavy (non-hydrogen) atoms. The van der Waals surface area contributed by atoms with Crippen LogP contribution in [0.25, 0.3) is 5.57 Å². The zero-order valence-corrected chi connectivity index (χ0v) is 14.4. The fourth-order valence-corrected chi connectivity index (χ4v) is 4.05. The number of halogens is 1. The monoisotopic (exact) mass is 360 g/mol. The molecule has 0 radical (unpaired) electrons. The van der Waals surface area contributed by atoms with E-state index in [9.17, 15) is 19.1 Å². The number of fused-ring (bicyclic) bond motifs is 1. The van der Waals surface area contributed by atoms with Gasteiger partial charge in [-0.3, -0.25) is 9.69 Å². The van der Waals surface area contributed by atoms with Crippen LogP contribution in [0, 0.1) is 23.6 Å². The van der Waals surface area contributed by atoms with E-state index in [1.165, 1.54) is 17.9 Å². The van der Waals surface area contributed by atoms with E-state index in [4.69, 9.17) is 4.74 Å². The molecule has 1 saturated carbocycles. The largest absolute Gasteiger partial charge is 0.442 e. The average molecular weight is 360 g/mol. The molecule has 7 heteroatoms.